The van der Waals surface area contributed by atoms with Gasteiger partial charge in [0, 0.05) is 38.3 Å². The number of nitrogens with zero attached hydrogens (tertiary/aromatic N) is 1. The van der Waals surface area contributed by atoms with Crippen molar-refractivity contribution >= 4 is 15.9 Å². The Morgan fingerprint density at radius 3 is 2.56 bits per heavy atom. The first-order valence-corrected chi connectivity index (χ1v) is 11.5. The number of sulfonamides is 1. The average Bonchev–Trinajstić information content (AvgIpc) is 3.42. The molecule has 1 aliphatic carbocycles. The van der Waals surface area contributed by atoms with E-state index in [0.717, 1.165) is 24.9 Å². The Hall–Kier alpha value is -1.44. The van der Waals surface area contributed by atoms with Crippen LogP contribution in [0.15, 0.2) is 30.3 Å². The van der Waals surface area contributed by atoms with E-state index in [1.807, 2.05) is 30.3 Å². The molecule has 1 saturated carbocycles. The van der Waals surface area contributed by atoms with Crippen LogP contribution >= 0.6 is 0 Å². The van der Waals surface area contributed by atoms with Crippen molar-refractivity contribution < 1.29 is 17.9 Å². The molecule has 7 heteroatoms. The molecule has 1 aromatic carbocycles. The molecule has 27 heavy (non-hydrogen) atoms. The number of hydrogen-bond acceptors (Lipinski definition) is 4. The Kier molecular flexibility index (Phi) is 5.27. The monoisotopic (exact) mass is 392 g/mol. The second kappa shape index (κ2) is 7.53. The van der Waals surface area contributed by atoms with E-state index in [1.54, 1.807) is 4.31 Å². The van der Waals surface area contributed by atoms with E-state index < -0.39 is 10.0 Å². The second-order valence-corrected chi connectivity index (χ2v) is 10.2. The van der Waals surface area contributed by atoms with E-state index in [1.165, 1.54) is 12.8 Å². The fraction of sp³-hybridized carbons (Fsp3) is 0.650. The van der Waals surface area contributed by atoms with Crippen LogP contribution in [0.1, 0.15) is 31.2 Å². The quantitative estimate of drug-likeness (QED) is 0.801. The van der Waals surface area contributed by atoms with Gasteiger partial charge in [0.1, 0.15) is 0 Å². The smallest absolute Gasteiger partial charge is 0.225 e. The third kappa shape index (κ3) is 4.20. The molecule has 0 radical (unpaired) electrons. The Morgan fingerprint density at radius 2 is 1.89 bits per heavy atom. The van der Waals surface area contributed by atoms with Gasteiger partial charge >= 0.3 is 0 Å². The summed E-state index contributed by atoms with van der Waals surface area (Å²) in [6.07, 6.45) is 3.85. The summed E-state index contributed by atoms with van der Waals surface area (Å²) in [6, 6.07) is 9.24. The molecule has 148 valence electrons. The molecule has 4 rings (SSSR count). The van der Waals surface area contributed by atoms with Gasteiger partial charge in [-0.2, -0.15) is 0 Å². The summed E-state index contributed by atoms with van der Waals surface area (Å²) >= 11 is 0. The normalized spacial score (nSPS) is 25.6. The Morgan fingerprint density at radius 1 is 1.19 bits per heavy atom. The van der Waals surface area contributed by atoms with Gasteiger partial charge in [-0.25, -0.2) is 12.7 Å². The molecule has 3 fully saturated rings. The van der Waals surface area contributed by atoms with Gasteiger partial charge in [0.05, 0.1) is 11.7 Å². The number of carbonyl (C=O) groups excluding carboxylic acids is 1. The summed E-state index contributed by atoms with van der Waals surface area (Å²) in [5.74, 6) is 0.322. The zero-order valence-electron chi connectivity index (χ0n) is 15.6. The van der Waals surface area contributed by atoms with Crippen LogP contribution in [0.25, 0.3) is 0 Å². The minimum absolute atomic E-state index is 0.0150. The molecule has 1 spiro atoms. The molecule has 0 bridgehead atoms. The minimum Gasteiger partial charge on any atom is -0.381 e. The zero-order chi connectivity index (χ0) is 18.9. The fourth-order valence-electron chi connectivity index (χ4n) is 4.35. The molecule has 0 unspecified atom stereocenters. The summed E-state index contributed by atoms with van der Waals surface area (Å²) in [5, 5.41) is 3.08. The van der Waals surface area contributed by atoms with Gasteiger partial charge in [-0.3, -0.25) is 4.79 Å². The molecule has 2 heterocycles. The minimum atomic E-state index is -3.46. The number of hydrogen-bond donors (Lipinski definition) is 1. The summed E-state index contributed by atoms with van der Waals surface area (Å²) in [7, 11) is -3.46. The van der Waals surface area contributed by atoms with Crippen LogP contribution in [-0.2, 0) is 25.3 Å². The standard InChI is InChI=1S/C20H28N2O4S/c23-19(21-12-16-6-7-16)18-13-22(15-20(18)8-10-26-11-9-20)27(24,25)14-17-4-2-1-3-5-17/h1-5,16,18H,6-15H2,(H,21,23)/t18-/m0/s1. The van der Waals surface area contributed by atoms with Crippen LogP contribution < -0.4 is 5.32 Å². The topological polar surface area (TPSA) is 75.7 Å². The third-order valence-corrected chi connectivity index (χ3v) is 8.03. The van der Waals surface area contributed by atoms with Crippen LogP contribution in [0.3, 0.4) is 0 Å². The maximum absolute atomic E-state index is 13.0. The van der Waals surface area contributed by atoms with E-state index in [2.05, 4.69) is 5.32 Å². The van der Waals surface area contributed by atoms with Crippen molar-refractivity contribution in [1.29, 1.82) is 0 Å². The lowest BCUT2D eigenvalue weighted by atomic mass is 9.72. The maximum atomic E-state index is 13.0. The fourth-order valence-corrected chi connectivity index (χ4v) is 5.97. The number of ether oxygens (including phenoxy) is 1. The number of nitrogens with one attached hydrogen (secondary N) is 1. The van der Waals surface area contributed by atoms with E-state index >= 15 is 0 Å². The van der Waals surface area contributed by atoms with Crippen molar-refractivity contribution in [2.45, 2.75) is 31.4 Å². The Bertz CT molecular complexity index is 770. The molecule has 3 aliphatic rings. The van der Waals surface area contributed by atoms with E-state index in [9.17, 15) is 13.2 Å². The first-order valence-electron chi connectivity index (χ1n) is 9.86. The average molecular weight is 393 g/mol. The SMILES string of the molecule is O=C(NCC1CC1)[C@@H]1CN(S(=O)(=O)Cc2ccccc2)CC12CCOCC2. The van der Waals surface area contributed by atoms with Crippen molar-refractivity contribution in [3.8, 4) is 0 Å². The molecular formula is C20H28N2O4S. The van der Waals surface area contributed by atoms with Gasteiger partial charge in [0.2, 0.25) is 15.9 Å². The summed E-state index contributed by atoms with van der Waals surface area (Å²) in [5.41, 5.74) is 0.482. The van der Waals surface area contributed by atoms with Crippen molar-refractivity contribution in [3.05, 3.63) is 35.9 Å². The van der Waals surface area contributed by atoms with Crippen molar-refractivity contribution in [2.75, 3.05) is 32.8 Å². The predicted molar refractivity (Wildman–Crippen MR) is 102 cm³/mol. The predicted octanol–water partition coefficient (Wildman–Crippen LogP) is 1.77. The number of amides is 1. The maximum Gasteiger partial charge on any atom is 0.225 e. The summed E-state index contributed by atoms with van der Waals surface area (Å²) in [4.78, 5) is 12.9. The second-order valence-electron chi connectivity index (χ2n) is 8.25. The zero-order valence-corrected chi connectivity index (χ0v) is 16.4. The Labute approximate surface area is 161 Å². The van der Waals surface area contributed by atoms with Crippen LogP contribution in [0.2, 0.25) is 0 Å². The van der Waals surface area contributed by atoms with E-state index in [4.69, 9.17) is 4.74 Å². The molecule has 2 saturated heterocycles. The van der Waals surface area contributed by atoms with Crippen LogP contribution in [0.5, 0.6) is 0 Å². The van der Waals surface area contributed by atoms with Crippen LogP contribution in [0, 0.1) is 17.3 Å². The highest BCUT2D eigenvalue weighted by Crippen LogP contribution is 2.45. The van der Waals surface area contributed by atoms with Crippen molar-refractivity contribution in [3.63, 3.8) is 0 Å². The highest BCUT2D eigenvalue weighted by Gasteiger charge is 2.53. The molecule has 1 amide bonds. The highest BCUT2D eigenvalue weighted by atomic mass is 32.2. The van der Waals surface area contributed by atoms with Crippen LogP contribution in [-0.4, -0.2) is 51.5 Å². The third-order valence-electron chi connectivity index (χ3n) is 6.27. The summed E-state index contributed by atoms with van der Waals surface area (Å²) in [6.45, 7) is 2.62. The first-order chi connectivity index (χ1) is 13.0. The molecule has 6 nitrogen and oxygen atoms in total. The van der Waals surface area contributed by atoms with E-state index in [-0.39, 0.29) is 29.5 Å². The van der Waals surface area contributed by atoms with Gasteiger partial charge in [-0.05, 0) is 37.2 Å². The lowest BCUT2D eigenvalue weighted by Crippen LogP contribution is -2.44. The first kappa shape index (κ1) is 18.9. The van der Waals surface area contributed by atoms with Crippen molar-refractivity contribution in [1.82, 2.24) is 9.62 Å². The number of carbonyl (C=O) groups is 1. The lowest BCUT2D eigenvalue weighted by molar-refractivity contribution is -0.129. The highest BCUT2D eigenvalue weighted by molar-refractivity contribution is 7.88. The molecule has 1 N–H and O–H groups in total. The van der Waals surface area contributed by atoms with Gasteiger partial charge in [-0.1, -0.05) is 30.3 Å². The van der Waals surface area contributed by atoms with Gasteiger partial charge in [0.25, 0.3) is 0 Å². The van der Waals surface area contributed by atoms with Gasteiger partial charge in [0.15, 0.2) is 0 Å². The van der Waals surface area contributed by atoms with E-state index in [0.29, 0.717) is 25.7 Å². The molecule has 1 atom stereocenters. The number of benzene rings is 1. The molecular weight excluding hydrogens is 364 g/mol. The molecule has 1 aromatic rings. The van der Waals surface area contributed by atoms with Crippen molar-refractivity contribution in [2.24, 2.45) is 17.3 Å². The molecule has 0 aromatic heterocycles. The summed E-state index contributed by atoms with van der Waals surface area (Å²) < 4.78 is 33.1. The molecule has 2 aliphatic heterocycles. The van der Waals surface area contributed by atoms with Gasteiger partial charge < -0.3 is 10.1 Å². The van der Waals surface area contributed by atoms with Crippen LogP contribution in [0.4, 0.5) is 0 Å². The number of rotatable bonds is 6. The largest absolute Gasteiger partial charge is 0.381 e. The lowest BCUT2D eigenvalue weighted by Gasteiger charge is -2.37. The van der Waals surface area contributed by atoms with Gasteiger partial charge in [-0.15, -0.1) is 0 Å². The Balaban J connectivity index is 1.51.